The van der Waals surface area contributed by atoms with Crippen molar-refractivity contribution in [2.24, 2.45) is 0 Å². The van der Waals surface area contributed by atoms with Gasteiger partial charge in [-0.25, -0.2) is 14.3 Å². The van der Waals surface area contributed by atoms with Crippen molar-refractivity contribution in [3.8, 4) is 0 Å². The van der Waals surface area contributed by atoms with E-state index in [-0.39, 0.29) is 6.04 Å². The van der Waals surface area contributed by atoms with Gasteiger partial charge < -0.3 is 10.1 Å². The monoisotopic (exact) mass is 358 g/mol. The molecule has 1 aliphatic carbocycles. The number of esters is 1. The van der Waals surface area contributed by atoms with Crippen molar-refractivity contribution in [3.05, 3.63) is 42.2 Å². The van der Waals surface area contributed by atoms with Crippen molar-refractivity contribution in [3.63, 3.8) is 0 Å². The van der Waals surface area contributed by atoms with E-state index < -0.39 is 30.6 Å². The van der Waals surface area contributed by atoms with Crippen LogP contribution >= 0.6 is 0 Å². The van der Waals surface area contributed by atoms with Gasteiger partial charge in [0.1, 0.15) is 6.33 Å². The van der Waals surface area contributed by atoms with Gasteiger partial charge in [-0.3, -0.25) is 10.1 Å². The molecule has 10 nitrogen and oxygen atoms in total. The molecule has 0 bridgehead atoms. The van der Waals surface area contributed by atoms with Gasteiger partial charge in [-0.05, 0) is 28.8 Å². The highest BCUT2D eigenvalue weighted by Gasteiger charge is 2.26. The maximum atomic E-state index is 12.4. The molecule has 3 amide bonds. The molecular weight excluding hydrogens is 340 g/mol. The third-order valence-electron chi connectivity index (χ3n) is 3.74. The molecule has 0 spiro atoms. The molecule has 2 N–H and O–H groups in total. The van der Waals surface area contributed by atoms with Crippen LogP contribution in [0, 0.1) is 0 Å². The minimum atomic E-state index is -0.819. The highest BCUT2D eigenvalue weighted by atomic mass is 16.5. The zero-order valence-corrected chi connectivity index (χ0v) is 13.9. The highest BCUT2D eigenvalue weighted by molar-refractivity contribution is 5.95. The first kappa shape index (κ1) is 17.5. The number of imide groups is 1. The summed E-state index contributed by atoms with van der Waals surface area (Å²) >= 11 is 0. The summed E-state index contributed by atoms with van der Waals surface area (Å²) in [5.74, 6) is -1.37. The van der Waals surface area contributed by atoms with E-state index in [1.807, 2.05) is 30.3 Å². The number of rotatable bonds is 7. The average molecular weight is 358 g/mol. The van der Waals surface area contributed by atoms with Crippen molar-refractivity contribution >= 4 is 17.9 Å². The maximum Gasteiger partial charge on any atom is 0.331 e. The highest BCUT2D eigenvalue weighted by Crippen LogP contribution is 2.18. The number of urea groups is 1. The van der Waals surface area contributed by atoms with Gasteiger partial charge in [0.05, 0.1) is 0 Å². The van der Waals surface area contributed by atoms with E-state index in [2.05, 4.69) is 26.2 Å². The number of tetrazole rings is 1. The average Bonchev–Trinajstić information content (AvgIpc) is 3.27. The smallest absolute Gasteiger partial charge is 0.331 e. The lowest BCUT2D eigenvalue weighted by Crippen LogP contribution is -2.42. The maximum absolute atomic E-state index is 12.4. The second-order valence-corrected chi connectivity index (χ2v) is 5.90. The molecule has 1 aromatic carbocycles. The Bertz CT molecular complexity index is 760. The molecular formula is C16H18N6O4. The third kappa shape index (κ3) is 5.10. The molecule has 0 aliphatic heterocycles. The van der Waals surface area contributed by atoms with Gasteiger partial charge in [-0.1, -0.05) is 30.3 Å². The van der Waals surface area contributed by atoms with Crippen LogP contribution in [0.25, 0.3) is 0 Å². The molecule has 3 rings (SSSR count). The number of hydrogen-bond acceptors (Lipinski definition) is 7. The lowest BCUT2D eigenvalue weighted by molar-refractivity contribution is -0.152. The number of nitrogens with zero attached hydrogens (tertiary/aromatic N) is 4. The van der Waals surface area contributed by atoms with Crippen LogP contribution in [0.3, 0.4) is 0 Å². The van der Waals surface area contributed by atoms with E-state index in [1.54, 1.807) is 0 Å². The SMILES string of the molecule is O=C(COC(=O)[C@@H](Cc1ccccc1)n1cnnn1)NC(=O)NC1CC1. The van der Waals surface area contributed by atoms with Crippen LogP contribution in [0.4, 0.5) is 4.79 Å². The fourth-order valence-corrected chi connectivity index (χ4v) is 2.28. The lowest BCUT2D eigenvalue weighted by atomic mass is 10.1. The number of ether oxygens (including phenoxy) is 1. The second-order valence-electron chi connectivity index (χ2n) is 5.90. The second kappa shape index (κ2) is 8.19. The van der Waals surface area contributed by atoms with Gasteiger partial charge in [0.25, 0.3) is 5.91 Å². The summed E-state index contributed by atoms with van der Waals surface area (Å²) in [5.41, 5.74) is 0.887. The van der Waals surface area contributed by atoms with Crippen molar-refractivity contribution in [2.75, 3.05) is 6.61 Å². The van der Waals surface area contributed by atoms with Crippen LogP contribution in [-0.2, 0) is 20.7 Å². The van der Waals surface area contributed by atoms with E-state index in [1.165, 1.54) is 11.0 Å². The van der Waals surface area contributed by atoms with Crippen molar-refractivity contribution in [1.82, 2.24) is 30.8 Å². The molecule has 1 heterocycles. The predicted octanol–water partition coefficient (Wildman–Crippen LogP) is -0.0117. The van der Waals surface area contributed by atoms with E-state index in [0.29, 0.717) is 6.42 Å². The molecule has 1 fully saturated rings. The fraction of sp³-hybridized carbons (Fsp3) is 0.375. The molecule has 10 heteroatoms. The topological polar surface area (TPSA) is 128 Å². The van der Waals surface area contributed by atoms with Gasteiger partial charge in [0.15, 0.2) is 12.6 Å². The summed E-state index contributed by atoms with van der Waals surface area (Å²) in [4.78, 5) is 35.6. The fourth-order valence-electron chi connectivity index (χ4n) is 2.28. The molecule has 1 aromatic heterocycles. The molecule has 0 radical (unpaired) electrons. The lowest BCUT2D eigenvalue weighted by Gasteiger charge is -2.15. The molecule has 136 valence electrons. The van der Waals surface area contributed by atoms with E-state index in [9.17, 15) is 14.4 Å². The Morgan fingerprint density at radius 1 is 1.23 bits per heavy atom. The summed E-state index contributed by atoms with van der Waals surface area (Å²) in [6.45, 7) is -0.565. The van der Waals surface area contributed by atoms with Gasteiger partial charge in [-0.15, -0.1) is 5.10 Å². The quantitative estimate of drug-likeness (QED) is 0.666. The van der Waals surface area contributed by atoms with Crippen LogP contribution in [0.1, 0.15) is 24.4 Å². The van der Waals surface area contributed by atoms with Gasteiger partial charge in [0, 0.05) is 12.5 Å². The Labute approximate surface area is 148 Å². The predicted molar refractivity (Wildman–Crippen MR) is 87.7 cm³/mol. The van der Waals surface area contributed by atoms with Crippen LogP contribution in [0.2, 0.25) is 0 Å². The normalized spacial score (nSPS) is 14.3. The largest absolute Gasteiger partial charge is 0.454 e. The number of nitrogens with one attached hydrogen (secondary N) is 2. The standard InChI is InChI=1S/C16H18N6O4/c23-14(19-16(25)18-12-6-7-12)9-26-15(24)13(22-10-17-20-21-22)8-11-4-2-1-3-5-11/h1-5,10,12-13H,6-9H2,(H2,18,19,23,25)/t13-/m1/s1. The Morgan fingerprint density at radius 3 is 2.65 bits per heavy atom. The van der Waals surface area contributed by atoms with Gasteiger partial charge in [-0.2, -0.15) is 0 Å². The summed E-state index contributed by atoms with van der Waals surface area (Å²) in [7, 11) is 0. The summed E-state index contributed by atoms with van der Waals surface area (Å²) in [6.07, 6.45) is 3.42. The number of benzene rings is 1. The number of carbonyl (C=O) groups excluding carboxylic acids is 3. The number of amides is 3. The Hall–Kier alpha value is -3.30. The molecule has 2 aromatic rings. The third-order valence-corrected chi connectivity index (χ3v) is 3.74. The van der Waals surface area contributed by atoms with Crippen LogP contribution < -0.4 is 10.6 Å². The minimum Gasteiger partial charge on any atom is -0.454 e. The summed E-state index contributed by atoms with van der Waals surface area (Å²) in [5, 5.41) is 15.5. The van der Waals surface area contributed by atoms with Gasteiger partial charge >= 0.3 is 12.0 Å². The molecule has 26 heavy (non-hydrogen) atoms. The number of hydrogen-bond donors (Lipinski definition) is 2. The molecule has 1 saturated carbocycles. The number of aromatic nitrogens is 4. The Morgan fingerprint density at radius 2 is 2.00 bits per heavy atom. The Kier molecular flexibility index (Phi) is 5.52. The molecule has 0 saturated heterocycles. The van der Waals surface area contributed by atoms with Crippen LogP contribution in [-0.4, -0.2) is 50.8 Å². The van der Waals surface area contributed by atoms with Gasteiger partial charge in [0.2, 0.25) is 0 Å². The minimum absolute atomic E-state index is 0.125. The molecule has 1 aliphatic rings. The first-order valence-corrected chi connectivity index (χ1v) is 8.15. The number of carbonyl (C=O) groups is 3. The van der Waals surface area contributed by atoms with Crippen LogP contribution in [0.5, 0.6) is 0 Å². The van der Waals surface area contributed by atoms with E-state index in [4.69, 9.17) is 4.74 Å². The van der Waals surface area contributed by atoms with Crippen LogP contribution in [0.15, 0.2) is 36.7 Å². The van der Waals surface area contributed by atoms with E-state index >= 15 is 0 Å². The summed E-state index contributed by atoms with van der Waals surface area (Å²) in [6, 6.07) is 8.01. The zero-order chi connectivity index (χ0) is 18.4. The van der Waals surface area contributed by atoms with E-state index in [0.717, 1.165) is 18.4 Å². The first-order valence-electron chi connectivity index (χ1n) is 8.15. The van der Waals surface area contributed by atoms with Crippen molar-refractivity contribution in [1.29, 1.82) is 0 Å². The van der Waals surface area contributed by atoms with Crippen molar-refractivity contribution in [2.45, 2.75) is 31.3 Å². The zero-order valence-electron chi connectivity index (χ0n) is 13.9. The Balaban J connectivity index is 1.55. The van der Waals surface area contributed by atoms with Crippen molar-refractivity contribution < 1.29 is 19.1 Å². The molecule has 1 atom stereocenters. The summed E-state index contributed by atoms with van der Waals surface area (Å²) < 4.78 is 6.31. The molecule has 0 unspecified atom stereocenters. The first-order chi connectivity index (χ1) is 12.6.